The van der Waals surface area contributed by atoms with Crippen molar-refractivity contribution in [1.29, 1.82) is 0 Å². The fraction of sp³-hybridized carbons (Fsp3) is 0.409. The largest absolute Gasteiger partial charge is 0.355 e. The number of hydrogen-bond donors (Lipinski definition) is 1. The molecule has 1 N–H and O–H groups in total. The molecule has 0 spiro atoms. The van der Waals surface area contributed by atoms with Crippen LogP contribution in [0.4, 0.5) is 0 Å². The molecule has 26 heavy (non-hydrogen) atoms. The Hall–Kier alpha value is -2.17. The molecule has 3 rings (SSSR count). The Labute approximate surface area is 155 Å². The summed E-state index contributed by atoms with van der Waals surface area (Å²) in [5.41, 5.74) is 1.52. The molecule has 0 saturated carbocycles. The van der Waals surface area contributed by atoms with E-state index in [9.17, 15) is 4.79 Å². The summed E-state index contributed by atoms with van der Waals surface area (Å²) in [6, 6.07) is 20.1. The summed E-state index contributed by atoms with van der Waals surface area (Å²) in [6.07, 6.45) is 1.28. The van der Waals surface area contributed by atoms with E-state index < -0.39 is 11.2 Å². The molecule has 4 heteroatoms. The summed E-state index contributed by atoms with van der Waals surface area (Å²) >= 11 is 0. The molecule has 138 valence electrons. The minimum atomic E-state index is -0.638. The van der Waals surface area contributed by atoms with E-state index in [1.807, 2.05) is 62.4 Å². The van der Waals surface area contributed by atoms with Crippen molar-refractivity contribution in [3.05, 3.63) is 71.8 Å². The lowest BCUT2D eigenvalue weighted by atomic mass is 9.76. The first-order valence-electron chi connectivity index (χ1n) is 9.18. The second-order valence-electron chi connectivity index (χ2n) is 7.20. The quantitative estimate of drug-likeness (QED) is 0.829. The Balaban J connectivity index is 1.73. The van der Waals surface area contributed by atoms with Crippen LogP contribution in [-0.2, 0) is 26.1 Å². The van der Waals surface area contributed by atoms with E-state index >= 15 is 0 Å². The average Bonchev–Trinajstić information content (AvgIpc) is 3.09. The lowest BCUT2D eigenvalue weighted by molar-refractivity contribution is -0.147. The summed E-state index contributed by atoms with van der Waals surface area (Å²) in [4.78, 5) is 13.2. The van der Waals surface area contributed by atoms with E-state index in [1.54, 1.807) is 0 Å². The highest BCUT2D eigenvalue weighted by molar-refractivity contribution is 5.88. The maximum atomic E-state index is 13.2. The molecule has 0 bridgehead atoms. The van der Waals surface area contributed by atoms with Gasteiger partial charge in [-0.15, -0.1) is 0 Å². The Morgan fingerprint density at radius 2 is 1.62 bits per heavy atom. The normalized spacial score (nSPS) is 18.2. The minimum Gasteiger partial charge on any atom is -0.355 e. The van der Waals surface area contributed by atoms with Gasteiger partial charge < -0.3 is 14.8 Å². The van der Waals surface area contributed by atoms with Crippen molar-refractivity contribution >= 4 is 5.91 Å². The van der Waals surface area contributed by atoms with Gasteiger partial charge in [-0.1, -0.05) is 60.7 Å². The minimum absolute atomic E-state index is 0.0224. The second-order valence-corrected chi connectivity index (χ2v) is 7.20. The summed E-state index contributed by atoms with van der Waals surface area (Å²) in [5.74, 6) is -0.565. The third kappa shape index (κ3) is 4.32. The number of carbonyl (C=O) groups excluding carboxylic acids is 1. The lowest BCUT2D eigenvalue weighted by Crippen LogP contribution is -2.45. The zero-order chi connectivity index (χ0) is 18.5. The van der Waals surface area contributed by atoms with Crippen LogP contribution in [0.1, 0.15) is 31.4 Å². The highest BCUT2D eigenvalue weighted by Crippen LogP contribution is 2.29. The second kappa shape index (κ2) is 8.02. The monoisotopic (exact) mass is 353 g/mol. The van der Waals surface area contributed by atoms with Crippen molar-refractivity contribution in [1.82, 2.24) is 5.32 Å². The molecule has 1 saturated heterocycles. The molecule has 4 nitrogen and oxygen atoms in total. The number of benzene rings is 2. The maximum absolute atomic E-state index is 13.2. The number of amides is 1. The van der Waals surface area contributed by atoms with E-state index in [2.05, 4.69) is 17.4 Å². The number of ether oxygens (including phenoxy) is 2. The van der Waals surface area contributed by atoms with Crippen LogP contribution in [0.3, 0.4) is 0 Å². The predicted octanol–water partition coefficient (Wildman–Crippen LogP) is 3.46. The van der Waals surface area contributed by atoms with Crippen LogP contribution >= 0.6 is 0 Å². The van der Waals surface area contributed by atoms with Gasteiger partial charge in [0.15, 0.2) is 5.79 Å². The van der Waals surface area contributed by atoms with Gasteiger partial charge in [-0.05, 0) is 31.4 Å². The van der Waals surface area contributed by atoms with Crippen LogP contribution in [-0.4, -0.2) is 31.5 Å². The molecule has 1 aliphatic rings. The molecule has 0 aliphatic carbocycles. The zero-order valence-corrected chi connectivity index (χ0v) is 15.5. The van der Waals surface area contributed by atoms with E-state index in [1.165, 1.54) is 0 Å². The number of rotatable bonds is 7. The lowest BCUT2D eigenvalue weighted by Gasteiger charge is -2.30. The average molecular weight is 353 g/mol. The third-order valence-corrected chi connectivity index (χ3v) is 5.08. The SMILES string of the molecule is CC1(CCNC(=O)C(C)(Cc2ccccc2)c2ccccc2)OCCO1. The smallest absolute Gasteiger partial charge is 0.230 e. The fourth-order valence-corrected chi connectivity index (χ4v) is 3.42. The molecule has 1 unspecified atom stereocenters. The zero-order valence-electron chi connectivity index (χ0n) is 15.5. The summed E-state index contributed by atoms with van der Waals surface area (Å²) in [7, 11) is 0. The first kappa shape index (κ1) is 18.6. The van der Waals surface area contributed by atoms with Gasteiger partial charge in [0.1, 0.15) is 0 Å². The van der Waals surface area contributed by atoms with Gasteiger partial charge in [-0.2, -0.15) is 0 Å². The van der Waals surface area contributed by atoms with Crippen LogP contribution in [0.5, 0.6) is 0 Å². The molecular weight excluding hydrogens is 326 g/mol. The van der Waals surface area contributed by atoms with E-state index in [0.29, 0.717) is 32.6 Å². The van der Waals surface area contributed by atoms with Crippen LogP contribution in [0.15, 0.2) is 60.7 Å². The van der Waals surface area contributed by atoms with Crippen molar-refractivity contribution < 1.29 is 14.3 Å². The summed E-state index contributed by atoms with van der Waals surface area (Å²) < 4.78 is 11.2. The molecular formula is C22H27NO3. The maximum Gasteiger partial charge on any atom is 0.230 e. The highest BCUT2D eigenvalue weighted by atomic mass is 16.7. The summed E-state index contributed by atoms with van der Waals surface area (Å²) in [5, 5.41) is 3.10. The van der Waals surface area contributed by atoms with Gasteiger partial charge in [0, 0.05) is 13.0 Å². The molecule has 1 heterocycles. The van der Waals surface area contributed by atoms with Crippen LogP contribution < -0.4 is 5.32 Å². The van der Waals surface area contributed by atoms with Crippen molar-refractivity contribution in [3.63, 3.8) is 0 Å². The Kier molecular flexibility index (Phi) is 5.74. The van der Waals surface area contributed by atoms with Crippen LogP contribution in [0, 0.1) is 0 Å². The first-order chi connectivity index (χ1) is 12.5. The van der Waals surface area contributed by atoms with Gasteiger partial charge >= 0.3 is 0 Å². The van der Waals surface area contributed by atoms with E-state index in [-0.39, 0.29) is 5.91 Å². The van der Waals surface area contributed by atoms with E-state index in [0.717, 1.165) is 11.1 Å². The van der Waals surface area contributed by atoms with Gasteiger partial charge in [-0.3, -0.25) is 4.79 Å². The number of nitrogens with one attached hydrogen (secondary N) is 1. The number of hydrogen-bond acceptors (Lipinski definition) is 3. The van der Waals surface area contributed by atoms with Gasteiger partial charge in [0.2, 0.25) is 5.91 Å². The molecule has 1 fully saturated rings. The van der Waals surface area contributed by atoms with Gasteiger partial charge in [0.05, 0.1) is 18.6 Å². The molecule has 1 atom stereocenters. The van der Waals surface area contributed by atoms with E-state index in [4.69, 9.17) is 9.47 Å². The third-order valence-electron chi connectivity index (χ3n) is 5.08. The topological polar surface area (TPSA) is 47.6 Å². The standard InChI is InChI=1S/C22H27NO3/c1-21(19-11-7-4-8-12-19,17-18-9-5-3-6-10-18)20(24)23-14-13-22(2)25-15-16-26-22/h3-12H,13-17H2,1-2H3,(H,23,24). The molecule has 0 radical (unpaired) electrons. The number of carbonyl (C=O) groups is 1. The van der Waals surface area contributed by atoms with Crippen molar-refractivity contribution in [2.24, 2.45) is 0 Å². The van der Waals surface area contributed by atoms with Gasteiger partial charge in [0.25, 0.3) is 0 Å². The Bertz CT molecular complexity index is 711. The molecule has 2 aromatic rings. The highest BCUT2D eigenvalue weighted by Gasteiger charge is 2.36. The van der Waals surface area contributed by atoms with Crippen LogP contribution in [0.2, 0.25) is 0 Å². The Morgan fingerprint density at radius 1 is 1.04 bits per heavy atom. The fourth-order valence-electron chi connectivity index (χ4n) is 3.42. The van der Waals surface area contributed by atoms with Crippen LogP contribution in [0.25, 0.3) is 0 Å². The first-order valence-corrected chi connectivity index (χ1v) is 9.18. The molecule has 2 aromatic carbocycles. The molecule has 0 aromatic heterocycles. The molecule has 1 aliphatic heterocycles. The summed E-state index contributed by atoms with van der Waals surface area (Å²) in [6.45, 7) is 5.67. The van der Waals surface area contributed by atoms with Crippen molar-refractivity contribution in [2.75, 3.05) is 19.8 Å². The van der Waals surface area contributed by atoms with Gasteiger partial charge in [-0.25, -0.2) is 0 Å². The molecule has 1 amide bonds. The Morgan fingerprint density at radius 3 is 2.23 bits per heavy atom. The van der Waals surface area contributed by atoms with Crippen molar-refractivity contribution in [2.45, 2.75) is 37.9 Å². The predicted molar refractivity (Wildman–Crippen MR) is 102 cm³/mol. The van der Waals surface area contributed by atoms with Crippen molar-refractivity contribution in [3.8, 4) is 0 Å².